The molecule has 2 rings (SSSR count). The molecule has 1 aliphatic heterocycles. The number of rotatable bonds is 4. The number of nitrogens with zero attached hydrogens (tertiary/aromatic N) is 2. The van der Waals surface area contributed by atoms with Gasteiger partial charge in [-0.05, 0) is 32.1 Å². The highest BCUT2D eigenvalue weighted by molar-refractivity contribution is 7.86. The summed E-state index contributed by atoms with van der Waals surface area (Å²) in [6.45, 7) is 1.93. The second kappa shape index (κ2) is 4.22. The van der Waals surface area contributed by atoms with E-state index in [9.17, 15) is 13.2 Å². The molecule has 6 nitrogen and oxygen atoms in total. The van der Waals surface area contributed by atoms with Crippen molar-refractivity contribution in [3.05, 3.63) is 0 Å². The molecule has 1 saturated carbocycles. The van der Waals surface area contributed by atoms with E-state index in [-0.39, 0.29) is 6.04 Å². The van der Waals surface area contributed by atoms with Crippen molar-refractivity contribution in [2.45, 2.75) is 38.3 Å². The van der Waals surface area contributed by atoms with E-state index in [0.717, 1.165) is 23.6 Å². The molecule has 2 fully saturated rings. The van der Waals surface area contributed by atoms with Gasteiger partial charge in [-0.25, -0.2) is 0 Å². The number of carboxylic acids is 1. The van der Waals surface area contributed by atoms with Crippen molar-refractivity contribution in [3.8, 4) is 0 Å². The zero-order valence-electron chi connectivity index (χ0n) is 10.0. The smallest absolute Gasteiger partial charge is 0.321 e. The molecule has 1 saturated heterocycles. The summed E-state index contributed by atoms with van der Waals surface area (Å²) in [5.74, 6) is -0.663. The molecule has 3 unspecified atom stereocenters. The summed E-state index contributed by atoms with van der Waals surface area (Å²) < 4.78 is 26.9. The molecule has 7 heteroatoms. The monoisotopic (exact) mass is 262 g/mol. The molecule has 0 spiro atoms. The normalized spacial score (nSPS) is 31.0. The summed E-state index contributed by atoms with van der Waals surface area (Å²) in [5, 5.41) is 8.87. The first kappa shape index (κ1) is 12.8. The van der Waals surface area contributed by atoms with Crippen molar-refractivity contribution in [3.63, 3.8) is 0 Å². The quantitative estimate of drug-likeness (QED) is 0.780. The number of aliphatic carboxylic acids is 1. The molecule has 1 aliphatic carbocycles. The van der Waals surface area contributed by atoms with E-state index in [2.05, 4.69) is 0 Å². The molecule has 0 aromatic rings. The van der Waals surface area contributed by atoms with E-state index in [1.165, 1.54) is 18.3 Å². The zero-order chi connectivity index (χ0) is 12.8. The fourth-order valence-electron chi connectivity index (χ4n) is 2.68. The molecule has 0 radical (unpaired) electrons. The average Bonchev–Trinajstić information content (AvgIpc) is 2.88. The minimum absolute atomic E-state index is 0.0773. The van der Waals surface area contributed by atoms with Gasteiger partial charge in [-0.15, -0.1) is 0 Å². The van der Waals surface area contributed by atoms with E-state index in [4.69, 9.17) is 5.11 Å². The van der Waals surface area contributed by atoms with Crippen molar-refractivity contribution in [1.29, 1.82) is 0 Å². The Balaban J connectivity index is 2.16. The summed E-state index contributed by atoms with van der Waals surface area (Å²) in [5.41, 5.74) is 0. The van der Waals surface area contributed by atoms with Gasteiger partial charge in [0.1, 0.15) is 6.04 Å². The first-order valence-corrected chi connectivity index (χ1v) is 7.21. The molecule has 1 heterocycles. The van der Waals surface area contributed by atoms with Crippen LogP contribution >= 0.6 is 0 Å². The van der Waals surface area contributed by atoms with Crippen LogP contribution in [0.5, 0.6) is 0 Å². The Morgan fingerprint density at radius 1 is 1.47 bits per heavy atom. The predicted octanol–water partition coefficient (Wildman–Crippen LogP) is 0.120. The van der Waals surface area contributed by atoms with Gasteiger partial charge in [-0.3, -0.25) is 4.79 Å². The third-order valence-electron chi connectivity index (χ3n) is 3.92. The fraction of sp³-hybridized carbons (Fsp3) is 0.900. The number of carbonyl (C=O) groups is 1. The van der Waals surface area contributed by atoms with Gasteiger partial charge in [-0.2, -0.15) is 17.0 Å². The van der Waals surface area contributed by atoms with Crippen LogP contribution in [-0.4, -0.2) is 53.8 Å². The molecule has 0 aromatic carbocycles. The number of hydrogen-bond acceptors (Lipinski definition) is 3. The fourth-order valence-corrected chi connectivity index (χ4v) is 4.47. The highest BCUT2D eigenvalue weighted by Crippen LogP contribution is 2.39. The largest absolute Gasteiger partial charge is 0.480 e. The Hall–Kier alpha value is -0.660. The van der Waals surface area contributed by atoms with Gasteiger partial charge in [0.15, 0.2) is 0 Å². The molecule has 2 bridgehead atoms. The van der Waals surface area contributed by atoms with Crippen LogP contribution in [0.25, 0.3) is 0 Å². The van der Waals surface area contributed by atoms with Gasteiger partial charge in [0.2, 0.25) is 0 Å². The maximum atomic E-state index is 12.3. The summed E-state index contributed by atoms with van der Waals surface area (Å²) in [7, 11) is -2.29. The Bertz CT molecular complexity index is 422. The van der Waals surface area contributed by atoms with E-state index in [0.29, 0.717) is 12.5 Å². The number of fused-ring (bicyclic) bond motifs is 2. The lowest BCUT2D eigenvalue weighted by molar-refractivity contribution is -0.140. The van der Waals surface area contributed by atoms with Crippen molar-refractivity contribution < 1.29 is 18.3 Å². The number of piperidine rings is 1. The van der Waals surface area contributed by atoms with Gasteiger partial charge in [0.05, 0.1) is 0 Å². The SMILES string of the molecule is CC(C(=O)O)N(C)S(=O)(=O)N1CC2CCC1C2. The van der Waals surface area contributed by atoms with Crippen molar-refractivity contribution in [1.82, 2.24) is 8.61 Å². The van der Waals surface area contributed by atoms with Gasteiger partial charge >= 0.3 is 5.97 Å². The van der Waals surface area contributed by atoms with Crippen LogP contribution in [-0.2, 0) is 15.0 Å². The third kappa shape index (κ3) is 2.07. The summed E-state index contributed by atoms with van der Waals surface area (Å²) in [6.07, 6.45) is 2.92. The Morgan fingerprint density at radius 2 is 2.12 bits per heavy atom. The van der Waals surface area contributed by atoms with Crippen LogP contribution in [0.3, 0.4) is 0 Å². The van der Waals surface area contributed by atoms with Gasteiger partial charge < -0.3 is 5.11 Å². The lowest BCUT2D eigenvalue weighted by Crippen LogP contribution is -2.50. The second-order valence-corrected chi connectivity index (χ2v) is 6.88. The molecule has 3 atom stereocenters. The van der Waals surface area contributed by atoms with Crippen LogP contribution in [0.4, 0.5) is 0 Å². The maximum Gasteiger partial charge on any atom is 0.321 e. The second-order valence-electron chi connectivity index (χ2n) is 4.94. The molecular weight excluding hydrogens is 244 g/mol. The minimum atomic E-state index is -3.63. The highest BCUT2D eigenvalue weighted by Gasteiger charge is 2.46. The predicted molar refractivity (Wildman–Crippen MR) is 61.6 cm³/mol. The van der Waals surface area contributed by atoms with Gasteiger partial charge in [-0.1, -0.05) is 0 Å². The standard InChI is InChI=1S/C10H18N2O4S/c1-7(10(13)14)11(2)17(15,16)12-6-8-3-4-9(12)5-8/h7-9H,3-6H2,1-2H3,(H,13,14). The van der Waals surface area contributed by atoms with Gasteiger partial charge in [0.25, 0.3) is 10.2 Å². The Morgan fingerprint density at radius 3 is 2.53 bits per heavy atom. The van der Waals surface area contributed by atoms with E-state index in [1.807, 2.05) is 0 Å². The van der Waals surface area contributed by atoms with Crippen LogP contribution in [0, 0.1) is 5.92 Å². The summed E-state index contributed by atoms with van der Waals surface area (Å²) in [4.78, 5) is 10.8. The molecule has 1 N–H and O–H groups in total. The first-order valence-electron chi connectivity index (χ1n) is 5.81. The molecule has 2 aliphatic rings. The summed E-state index contributed by atoms with van der Waals surface area (Å²) >= 11 is 0. The Labute approximate surface area is 101 Å². The van der Waals surface area contributed by atoms with Crippen LogP contribution in [0.15, 0.2) is 0 Å². The van der Waals surface area contributed by atoms with E-state index >= 15 is 0 Å². The minimum Gasteiger partial charge on any atom is -0.480 e. The molecule has 98 valence electrons. The van der Waals surface area contributed by atoms with Crippen molar-refractivity contribution >= 4 is 16.2 Å². The van der Waals surface area contributed by atoms with Crippen LogP contribution < -0.4 is 0 Å². The third-order valence-corrected chi connectivity index (χ3v) is 6.01. The lowest BCUT2D eigenvalue weighted by Gasteiger charge is -2.31. The van der Waals surface area contributed by atoms with Crippen molar-refractivity contribution in [2.24, 2.45) is 5.92 Å². The molecule has 17 heavy (non-hydrogen) atoms. The van der Waals surface area contributed by atoms with Crippen LogP contribution in [0.2, 0.25) is 0 Å². The van der Waals surface area contributed by atoms with Gasteiger partial charge in [0, 0.05) is 19.6 Å². The first-order chi connectivity index (χ1) is 7.84. The summed E-state index contributed by atoms with van der Waals surface area (Å²) in [6, 6.07) is -0.951. The molecule has 0 aromatic heterocycles. The highest BCUT2D eigenvalue weighted by atomic mass is 32.2. The van der Waals surface area contributed by atoms with Crippen LogP contribution in [0.1, 0.15) is 26.2 Å². The average molecular weight is 262 g/mol. The Kier molecular flexibility index (Phi) is 3.17. The maximum absolute atomic E-state index is 12.3. The zero-order valence-corrected chi connectivity index (χ0v) is 10.9. The lowest BCUT2D eigenvalue weighted by atomic mass is 10.1. The molecule has 0 amide bonds. The molecular formula is C10H18N2O4S. The topological polar surface area (TPSA) is 77.9 Å². The number of hydrogen-bond donors (Lipinski definition) is 1. The number of carboxylic acid groups (broad SMARTS) is 1. The van der Waals surface area contributed by atoms with Crippen molar-refractivity contribution in [2.75, 3.05) is 13.6 Å². The van der Waals surface area contributed by atoms with E-state index in [1.54, 1.807) is 0 Å². The van der Waals surface area contributed by atoms with E-state index < -0.39 is 22.2 Å². The number of likely N-dealkylation sites (N-methyl/N-ethyl adjacent to an activating group) is 1.